The predicted octanol–water partition coefficient (Wildman–Crippen LogP) is 4.03. The highest BCUT2D eigenvalue weighted by Gasteiger charge is 2.15. The summed E-state index contributed by atoms with van der Waals surface area (Å²) in [6.45, 7) is 7.81. The quantitative estimate of drug-likeness (QED) is 0.865. The van der Waals surface area contributed by atoms with E-state index in [1.54, 1.807) is 26.0 Å². The molecule has 0 bridgehead atoms. The molecule has 0 saturated heterocycles. The van der Waals surface area contributed by atoms with Crippen molar-refractivity contribution < 1.29 is 19.4 Å². The lowest BCUT2D eigenvalue weighted by atomic mass is 10.2. The Morgan fingerprint density at radius 2 is 1.48 bits per heavy atom. The van der Waals surface area contributed by atoms with Gasteiger partial charge in [-0.2, -0.15) is 0 Å². The minimum Gasteiger partial charge on any atom is -0.508 e. The average Bonchev–Trinajstić information content (AvgIpc) is 2.53. The Balaban J connectivity index is 0.000000277. The minimum absolute atomic E-state index is 0.329. The lowest BCUT2D eigenvalue weighted by molar-refractivity contribution is -0.150. The zero-order chi connectivity index (χ0) is 17.2. The van der Waals surface area contributed by atoms with Crippen molar-refractivity contribution in [1.82, 2.24) is 0 Å². The van der Waals surface area contributed by atoms with E-state index in [1.807, 2.05) is 50.2 Å². The smallest absolute Gasteiger partial charge is 0.347 e. The second kappa shape index (κ2) is 9.51. The molecule has 0 saturated carbocycles. The molecule has 0 aliphatic heterocycles. The van der Waals surface area contributed by atoms with Crippen molar-refractivity contribution in [3.8, 4) is 11.5 Å². The van der Waals surface area contributed by atoms with Crippen LogP contribution in [0, 0.1) is 13.8 Å². The van der Waals surface area contributed by atoms with Gasteiger partial charge in [0.1, 0.15) is 11.5 Å². The second-order valence-corrected chi connectivity index (χ2v) is 5.16. The van der Waals surface area contributed by atoms with Gasteiger partial charge in [-0.15, -0.1) is 0 Å². The molecule has 4 nitrogen and oxygen atoms in total. The van der Waals surface area contributed by atoms with E-state index in [-0.39, 0.29) is 5.97 Å². The summed E-state index contributed by atoms with van der Waals surface area (Å²) in [6, 6.07) is 14.6. The van der Waals surface area contributed by atoms with E-state index in [4.69, 9.17) is 14.6 Å². The van der Waals surface area contributed by atoms with Gasteiger partial charge in [0.15, 0.2) is 6.10 Å². The molecule has 0 amide bonds. The molecule has 0 aliphatic carbocycles. The number of esters is 1. The third-order valence-corrected chi connectivity index (χ3v) is 2.99. The summed E-state index contributed by atoms with van der Waals surface area (Å²) in [6.07, 6.45) is -0.562. The van der Waals surface area contributed by atoms with Crippen molar-refractivity contribution >= 4 is 5.97 Å². The first-order valence-electron chi connectivity index (χ1n) is 7.58. The number of phenols is 1. The molecule has 2 aromatic carbocycles. The fourth-order valence-electron chi connectivity index (χ4n) is 1.67. The van der Waals surface area contributed by atoms with Crippen molar-refractivity contribution in [2.24, 2.45) is 0 Å². The molecule has 23 heavy (non-hydrogen) atoms. The normalized spacial score (nSPS) is 11.0. The fraction of sp³-hybridized carbons (Fsp3) is 0.316. The van der Waals surface area contributed by atoms with E-state index < -0.39 is 6.10 Å². The molecule has 0 spiro atoms. The van der Waals surface area contributed by atoms with Gasteiger partial charge in [0, 0.05) is 0 Å². The molecule has 124 valence electrons. The van der Waals surface area contributed by atoms with Crippen LogP contribution in [-0.4, -0.2) is 23.8 Å². The monoisotopic (exact) mass is 316 g/mol. The molecule has 0 fully saturated rings. The van der Waals surface area contributed by atoms with Crippen molar-refractivity contribution in [2.45, 2.75) is 33.8 Å². The molecular weight excluding hydrogens is 292 g/mol. The number of carbonyl (C=O) groups excluding carboxylic acids is 1. The molecule has 0 radical (unpaired) electrons. The molecule has 1 N–H and O–H groups in total. The lowest BCUT2D eigenvalue weighted by Gasteiger charge is -2.13. The van der Waals surface area contributed by atoms with E-state index >= 15 is 0 Å². The van der Waals surface area contributed by atoms with Crippen molar-refractivity contribution in [2.75, 3.05) is 6.61 Å². The van der Waals surface area contributed by atoms with Crippen LogP contribution in [0.3, 0.4) is 0 Å². The third kappa shape index (κ3) is 7.36. The molecule has 2 aromatic rings. The SMILES string of the molecule is CCOC(=O)C(C)Oc1ccc(C)cc1.Cc1ccc(O)cc1. The van der Waals surface area contributed by atoms with E-state index in [0.717, 1.165) is 5.56 Å². The van der Waals surface area contributed by atoms with Gasteiger partial charge < -0.3 is 14.6 Å². The van der Waals surface area contributed by atoms with Crippen molar-refractivity contribution in [1.29, 1.82) is 0 Å². The fourth-order valence-corrected chi connectivity index (χ4v) is 1.67. The zero-order valence-corrected chi connectivity index (χ0v) is 14.1. The van der Waals surface area contributed by atoms with Gasteiger partial charge in [0.2, 0.25) is 0 Å². The Bertz CT molecular complexity index is 567. The van der Waals surface area contributed by atoms with E-state index in [2.05, 4.69) is 0 Å². The van der Waals surface area contributed by atoms with Crippen LogP contribution in [0.2, 0.25) is 0 Å². The highest BCUT2D eigenvalue weighted by atomic mass is 16.6. The summed E-state index contributed by atoms with van der Waals surface area (Å²) < 4.78 is 10.2. The molecule has 1 atom stereocenters. The van der Waals surface area contributed by atoms with Crippen LogP contribution in [0.25, 0.3) is 0 Å². The standard InChI is InChI=1S/C12H16O3.C7H8O/c1-4-14-12(13)10(3)15-11-7-5-9(2)6-8-11;1-6-2-4-7(8)5-3-6/h5-8,10H,4H2,1-3H3;2-5,8H,1H3. The molecule has 4 heteroatoms. The first-order valence-corrected chi connectivity index (χ1v) is 7.58. The maximum atomic E-state index is 11.3. The van der Waals surface area contributed by atoms with Gasteiger partial charge in [-0.25, -0.2) is 4.79 Å². The highest BCUT2D eigenvalue weighted by molar-refractivity contribution is 5.74. The molecule has 1 unspecified atom stereocenters. The number of hydrogen-bond donors (Lipinski definition) is 1. The number of hydrogen-bond acceptors (Lipinski definition) is 4. The van der Waals surface area contributed by atoms with Crippen molar-refractivity contribution in [3.05, 3.63) is 59.7 Å². The van der Waals surface area contributed by atoms with Crippen LogP contribution in [-0.2, 0) is 9.53 Å². The summed E-state index contributed by atoms with van der Waals surface area (Å²) in [5.41, 5.74) is 2.33. The second-order valence-electron chi connectivity index (χ2n) is 5.16. The van der Waals surface area contributed by atoms with E-state index in [0.29, 0.717) is 18.1 Å². The number of benzene rings is 2. The van der Waals surface area contributed by atoms with Crippen molar-refractivity contribution in [3.63, 3.8) is 0 Å². The number of aryl methyl sites for hydroxylation is 2. The number of carbonyl (C=O) groups is 1. The number of phenolic OH excluding ortho intramolecular Hbond substituents is 1. The van der Waals surface area contributed by atoms with Gasteiger partial charge in [0.05, 0.1) is 6.61 Å². The molecule has 2 rings (SSSR count). The highest BCUT2D eigenvalue weighted by Crippen LogP contribution is 2.13. The molecular formula is C19H24O4. The minimum atomic E-state index is -0.562. The van der Waals surface area contributed by atoms with Crippen LogP contribution in [0.4, 0.5) is 0 Å². The third-order valence-electron chi connectivity index (χ3n) is 2.99. The summed E-state index contributed by atoms with van der Waals surface area (Å²) >= 11 is 0. The van der Waals surface area contributed by atoms with Crippen LogP contribution in [0.1, 0.15) is 25.0 Å². The van der Waals surface area contributed by atoms with Gasteiger partial charge in [-0.3, -0.25) is 0 Å². The Kier molecular flexibility index (Phi) is 7.67. The largest absolute Gasteiger partial charge is 0.508 e. The first-order chi connectivity index (χ1) is 10.9. The van der Waals surface area contributed by atoms with Crippen LogP contribution in [0.5, 0.6) is 11.5 Å². The maximum Gasteiger partial charge on any atom is 0.347 e. The van der Waals surface area contributed by atoms with Gasteiger partial charge in [-0.05, 0) is 52.0 Å². The molecule has 0 heterocycles. The van der Waals surface area contributed by atoms with Gasteiger partial charge >= 0.3 is 5.97 Å². The summed E-state index contributed by atoms with van der Waals surface area (Å²) in [5, 5.41) is 8.76. The number of aromatic hydroxyl groups is 1. The predicted molar refractivity (Wildman–Crippen MR) is 90.7 cm³/mol. The molecule has 0 aromatic heterocycles. The van der Waals surface area contributed by atoms with Crippen LogP contribution in [0.15, 0.2) is 48.5 Å². The van der Waals surface area contributed by atoms with Gasteiger partial charge in [-0.1, -0.05) is 35.4 Å². The Morgan fingerprint density at radius 3 is 1.91 bits per heavy atom. The average molecular weight is 316 g/mol. The zero-order valence-electron chi connectivity index (χ0n) is 14.1. The Labute approximate surface area is 137 Å². The number of rotatable bonds is 4. The van der Waals surface area contributed by atoms with Crippen LogP contribution < -0.4 is 4.74 Å². The lowest BCUT2D eigenvalue weighted by Crippen LogP contribution is -2.25. The Hall–Kier alpha value is -2.49. The summed E-state index contributed by atoms with van der Waals surface area (Å²) in [5.74, 6) is 0.676. The van der Waals surface area contributed by atoms with E-state index in [1.165, 1.54) is 5.56 Å². The first kappa shape index (κ1) is 18.6. The maximum absolute atomic E-state index is 11.3. The molecule has 0 aliphatic rings. The number of ether oxygens (including phenoxy) is 2. The van der Waals surface area contributed by atoms with Gasteiger partial charge in [0.25, 0.3) is 0 Å². The van der Waals surface area contributed by atoms with Crippen LogP contribution >= 0.6 is 0 Å². The van der Waals surface area contributed by atoms with E-state index in [9.17, 15) is 4.79 Å². The summed E-state index contributed by atoms with van der Waals surface area (Å²) in [4.78, 5) is 11.3. The summed E-state index contributed by atoms with van der Waals surface area (Å²) in [7, 11) is 0. The Morgan fingerprint density at radius 1 is 1.00 bits per heavy atom. The topological polar surface area (TPSA) is 55.8 Å².